The van der Waals surface area contributed by atoms with Crippen LogP contribution in [0.2, 0.25) is 0 Å². The highest BCUT2D eigenvalue weighted by atomic mass is 32.2. The van der Waals surface area contributed by atoms with Crippen LogP contribution in [0.3, 0.4) is 0 Å². The van der Waals surface area contributed by atoms with Crippen LogP contribution in [0.1, 0.15) is 21.9 Å². The Morgan fingerprint density at radius 3 is 2.50 bits per heavy atom. The molecule has 132 valence electrons. The van der Waals surface area contributed by atoms with E-state index in [-0.39, 0.29) is 22.9 Å². The minimum atomic E-state index is -3.80. The Bertz CT molecular complexity index is 807. The van der Waals surface area contributed by atoms with Gasteiger partial charge in [-0.15, -0.1) is 11.3 Å². The van der Waals surface area contributed by atoms with Crippen molar-refractivity contribution in [2.75, 3.05) is 27.2 Å². The first-order chi connectivity index (χ1) is 11.2. The predicted molar refractivity (Wildman–Crippen MR) is 90.9 cm³/mol. The van der Waals surface area contributed by atoms with E-state index >= 15 is 0 Å². The SMILES string of the molecule is Cc1ccc(CN(CCN(C)C)S(=O)(=O)c2cc(C(=O)O)cs2)o1. The summed E-state index contributed by atoms with van der Waals surface area (Å²) in [5.74, 6) is 0.110. The molecule has 0 bridgehead atoms. The number of aryl methyl sites for hydroxylation is 1. The van der Waals surface area contributed by atoms with Gasteiger partial charge in [-0.3, -0.25) is 0 Å². The second-order valence-electron chi connectivity index (χ2n) is 5.61. The first-order valence-electron chi connectivity index (χ1n) is 7.22. The summed E-state index contributed by atoms with van der Waals surface area (Å²) in [5, 5.41) is 10.3. The number of carboxylic acid groups (broad SMARTS) is 1. The average molecular weight is 372 g/mol. The topological polar surface area (TPSA) is 91.1 Å². The highest BCUT2D eigenvalue weighted by Crippen LogP contribution is 2.25. The van der Waals surface area contributed by atoms with Crippen molar-refractivity contribution < 1.29 is 22.7 Å². The largest absolute Gasteiger partial charge is 0.478 e. The Hall–Kier alpha value is -1.68. The maximum atomic E-state index is 12.9. The van der Waals surface area contributed by atoms with Gasteiger partial charge in [0, 0.05) is 18.5 Å². The van der Waals surface area contributed by atoms with Gasteiger partial charge in [-0.2, -0.15) is 4.31 Å². The van der Waals surface area contributed by atoms with Crippen molar-refractivity contribution in [2.45, 2.75) is 17.7 Å². The van der Waals surface area contributed by atoms with Gasteiger partial charge in [0.1, 0.15) is 15.7 Å². The fourth-order valence-corrected chi connectivity index (χ4v) is 4.73. The smallest absolute Gasteiger partial charge is 0.336 e. The number of hydrogen-bond donors (Lipinski definition) is 1. The van der Waals surface area contributed by atoms with E-state index in [9.17, 15) is 13.2 Å². The molecule has 0 aliphatic heterocycles. The van der Waals surface area contributed by atoms with E-state index < -0.39 is 16.0 Å². The van der Waals surface area contributed by atoms with E-state index in [1.807, 2.05) is 19.0 Å². The van der Waals surface area contributed by atoms with Gasteiger partial charge in [-0.1, -0.05) is 0 Å². The Kier molecular flexibility index (Phi) is 5.81. The molecule has 0 aromatic carbocycles. The molecule has 0 radical (unpaired) electrons. The zero-order valence-corrected chi connectivity index (χ0v) is 15.4. The molecule has 0 aliphatic rings. The summed E-state index contributed by atoms with van der Waals surface area (Å²) in [6.07, 6.45) is 0. The molecule has 0 saturated carbocycles. The van der Waals surface area contributed by atoms with Crippen LogP contribution in [0.25, 0.3) is 0 Å². The van der Waals surface area contributed by atoms with Crippen molar-refractivity contribution in [2.24, 2.45) is 0 Å². The number of carbonyl (C=O) groups is 1. The van der Waals surface area contributed by atoms with Crippen LogP contribution in [0.5, 0.6) is 0 Å². The maximum absolute atomic E-state index is 12.9. The van der Waals surface area contributed by atoms with E-state index in [2.05, 4.69) is 0 Å². The summed E-state index contributed by atoms with van der Waals surface area (Å²) in [6.45, 7) is 2.70. The van der Waals surface area contributed by atoms with Crippen molar-refractivity contribution in [3.05, 3.63) is 40.7 Å². The predicted octanol–water partition coefficient (Wildman–Crippen LogP) is 2.10. The summed E-state index contributed by atoms with van der Waals surface area (Å²) in [4.78, 5) is 12.9. The van der Waals surface area contributed by atoms with Crippen LogP contribution in [-0.2, 0) is 16.6 Å². The van der Waals surface area contributed by atoms with Gasteiger partial charge >= 0.3 is 5.97 Å². The van der Waals surface area contributed by atoms with Crippen molar-refractivity contribution >= 4 is 27.3 Å². The van der Waals surface area contributed by atoms with Crippen LogP contribution < -0.4 is 0 Å². The number of likely N-dealkylation sites (N-methyl/N-ethyl adjacent to an activating group) is 1. The number of rotatable bonds is 8. The van der Waals surface area contributed by atoms with Gasteiger partial charge in [0.2, 0.25) is 0 Å². The van der Waals surface area contributed by atoms with E-state index in [0.717, 1.165) is 11.3 Å². The molecule has 0 fully saturated rings. The van der Waals surface area contributed by atoms with Crippen molar-refractivity contribution in [3.8, 4) is 0 Å². The van der Waals surface area contributed by atoms with E-state index in [1.165, 1.54) is 15.8 Å². The third-order valence-electron chi connectivity index (χ3n) is 3.34. The number of aromatic carboxylic acids is 1. The normalized spacial score (nSPS) is 12.2. The lowest BCUT2D eigenvalue weighted by Gasteiger charge is -2.22. The van der Waals surface area contributed by atoms with Crippen LogP contribution in [0.15, 0.2) is 32.2 Å². The third kappa shape index (κ3) is 4.44. The van der Waals surface area contributed by atoms with Gasteiger partial charge in [-0.25, -0.2) is 13.2 Å². The molecular formula is C15H20N2O5S2. The lowest BCUT2D eigenvalue weighted by molar-refractivity contribution is 0.0697. The van der Waals surface area contributed by atoms with Gasteiger partial charge in [0.25, 0.3) is 10.0 Å². The fraction of sp³-hybridized carbons (Fsp3) is 0.400. The zero-order valence-electron chi connectivity index (χ0n) is 13.7. The molecule has 2 rings (SSSR count). The number of carboxylic acids is 1. The zero-order chi connectivity index (χ0) is 17.9. The monoisotopic (exact) mass is 372 g/mol. The van der Waals surface area contributed by atoms with Gasteiger partial charge in [0.15, 0.2) is 0 Å². The van der Waals surface area contributed by atoms with Crippen molar-refractivity contribution in [1.82, 2.24) is 9.21 Å². The number of sulfonamides is 1. The van der Waals surface area contributed by atoms with Crippen molar-refractivity contribution in [1.29, 1.82) is 0 Å². The Balaban J connectivity index is 2.30. The summed E-state index contributed by atoms with van der Waals surface area (Å²) < 4.78 is 32.6. The van der Waals surface area contributed by atoms with Crippen LogP contribution in [-0.4, -0.2) is 55.9 Å². The lowest BCUT2D eigenvalue weighted by atomic mass is 10.4. The summed E-state index contributed by atoms with van der Waals surface area (Å²) >= 11 is 0.908. The van der Waals surface area contributed by atoms with Gasteiger partial charge in [0.05, 0.1) is 12.1 Å². The molecule has 2 heterocycles. The molecule has 0 aliphatic carbocycles. The minimum Gasteiger partial charge on any atom is -0.478 e. The Labute approximate surface area is 145 Å². The Morgan fingerprint density at radius 2 is 2.00 bits per heavy atom. The molecule has 0 unspecified atom stereocenters. The molecule has 24 heavy (non-hydrogen) atoms. The van der Waals surface area contributed by atoms with Crippen LogP contribution in [0, 0.1) is 6.92 Å². The Morgan fingerprint density at radius 1 is 1.29 bits per heavy atom. The van der Waals surface area contributed by atoms with E-state index in [1.54, 1.807) is 19.1 Å². The maximum Gasteiger partial charge on any atom is 0.336 e. The van der Waals surface area contributed by atoms with Crippen LogP contribution in [0.4, 0.5) is 0 Å². The first kappa shape index (κ1) is 18.7. The molecule has 2 aromatic rings. The highest BCUT2D eigenvalue weighted by molar-refractivity contribution is 7.91. The molecule has 1 N–H and O–H groups in total. The summed E-state index contributed by atoms with van der Waals surface area (Å²) in [7, 11) is -0.0832. The quantitative estimate of drug-likeness (QED) is 0.763. The number of furan rings is 1. The second kappa shape index (κ2) is 7.47. The summed E-state index contributed by atoms with van der Waals surface area (Å²) in [5.41, 5.74) is -0.0278. The third-order valence-corrected chi connectivity index (χ3v) is 6.60. The molecule has 7 nitrogen and oxygen atoms in total. The molecule has 0 spiro atoms. The average Bonchev–Trinajstić information content (AvgIpc) is 3.12. The first-order valence-corrected chi connectivity index (χ1v) is 9.54. The molecule has 0 saturated heterocycles. The molecule has 0 amide bonds. The van der Waals surface area contributed by atoms with Crippen molar-refractivity contribution in [3.63, 3.8) is 0 Å². The molecule has 0 atom stereocenters. The van der Waals surface area contributed by atoms with E-state index in [4.69, 9.17) is 9.52 Å². The number of thiophene rings is 1. The van der Waals surface area contributed by atoms with Crippen LogP contribution >= 0.6 is 11.3 Å². The van der Waals surface area contributed by atoms with Gasteiger partial charge in [-0.05, 0) is 39.2 Å². The second-order valence-corrected chi connectivity index (χ2v) is 8.69. The standard InChI is InChI=1S/C15H20N2O5S2/c1-11-4-5-13(22-11)9-17(7-6-16(2)3)24(20,21)14-8-12(10-23-14)15(18)19/h4-5,8,10H,6-7,9H2,1-3H3,(H,18,19). The fourth-order valence-electron chi connectivity index (χ4n) is 2.03. The molecule has 9 heteroatoms. The molecule has 2 aromatic heterocycles. The lowest BCUT2D eigenvalue weighted by Crippen LogP contribution is -2.35. The minimum absolute atomic E-state index is 0.0157. The molecular weight excluding hydrogens is 352 g/mol. The van der Waals surface area contributed by atoms with E-state index in [0.29, 0.717) is 18.1 Å². The van der Waals surface area contributed by atoms with Gasteiger partial charge < -0.3 is 14.4 Å². The number of hydrogen-bond acceptors (Lipinski definition) is 6. The summed E-state index contributed by atoms with van der Waals surface area (Å²) in [6, 6.07) is 4.71. The number of nitrogens with zero attached hydrogens (tertiary/aromatic N) is 2. The highest BCUT2D eigenvalue weighted by Gasteiger charge is 2.28.